The number of aromatic nitrogens is 3. The van der Waals surface area contributed by atoms with Gasteiger partial charge in [0.15, 0.2) is 17.7 Å². The van der Waals surface area contributed by atoms with Crippen molar-refractivity contribution in [3.05, 3.63) is 17.4 Å². The van der Waals surface area contributed by atoms with Crippen LogP contribution in [0.15, 0.2) is 12.3 Å². The van der Waals surface area contributed by atoms with Gasteiger partial charge in [0, 0.05) is 32.3 Å². The fraction of sp³-hybridized carbons (Fsp3) is 0.742. The first kappa shape index (κ1) is 40.2. The number of anilines is 1. The van der Waals surface area contributed by atoms with Gasteiger partial charge in [0.25, 0.3) is 11.2 Å². The Hall–Kier alpha value is -2.49. The van der Waals surface area contributed by atoms with Crippen LogP contribution in [-0.4, -0.2) is 127 Å². The Bertz CT molecular complexity index is 1830. The molecule has 296 valence electrons. The summed E-state index contributed by atoms with van der Waals surface area (Å²) in [7, 11) is -7.77. The topological polar surface area (TPSA) is 219 Å². The van der Waals surface area contributed by atoms with Crippen molar-refractivity contribution in [2.75, 3.05) is 51.5 Å². The molecule has 22 heteroatoms. The molecule has 3 aliphatic heterocycles. The third-order valence-electron chi connectivity index (χ3n) is 9.63. The first-order valence-corrected chi connectivity index (χ1v) is 20.9. The van der Waals surface area contributed by atoms with Gasteiger partial charge in [-0.15, -0.1) is 0 Å². The van der Waals surface area contributed by atoms with Crippen molar-refractivity contribution < 1.29 is 60.4 Å². The van der Waals surface area contributed by atoms with Gasteiger partial charge in [0.1, 0.15) is 23.5 Å². The van der Waals surface area contributed by atoms with Crippen LogP contribution in [0, 0.1) is 0 Å². The number of carboxylic acid groups (broad SMARTS) is 1. The van der Waals surface area contributed by atoms with Crippen LogP contribution in [-0.2, 0) is 52.3 Å². The van der Waals surface area contributed by atoms with Crippen molar-refractivity contribution in [1.82, 2.24) is 23.8 Å². The van der Waals surface area contributed by atoms with E-state index in [1.807, 2.05) is 4.72 Å². The predicted molar refractivity (Wildman–Crippen MR) is 188 cm³/mol. The number of amides is 2. The first-order chi connectivity index (χ1) is 25.1. The number of ether oxygens (including phenoxy) is 5. The standard InChI is InChI=1S/C31H46ClN6O13PS/c1-6-47-52(42,48-7-2)31(18-45-5,28(39)35-53(43,44)36-13-10-14-36)46-17-22-24-25(51-30(3,4)50-24)27(49-22)38-26-20(16-33-38)21(15-23(32)34-26)37(29(40)41)19-11-8-9-12-19/h15-16,19,22,24-25,27H,6-14,17-18H2,1-5H3,(H,35,39)(H,40,41)/t22-,24-,25-,27-,31-/m1/s1. The van der Waals surface area contributed by atoms with Crippen LogP contribution in [0.25, 0.3) is 11.0 Å². The molecule has 4 fully saturated rings. The summed E-state index contributed by atoms with van der Waals surface area (Å²) in [6, 6.07) is 1.25. The zero-order valence-electron chi connectivity index (χ0n) is 30.1. The zero-order chi connectivity index (χ0) is 38.3. The number of nitrogens with one attached hydrogen (secondary N) is 1. The molecule has 19 nitrogen and oxygen atoms in total. The normalized spacial score (nSPS) is 26.0. The molecular weight excluding hydrogens is 763 g/mol. The summed E-state index contributed by atoms with van der Waals surface area (Å²) in [6.45, 7) is 5.24. The van der Waals surface area contributed by atoms with E-state index in [9.17, 15) is 27.7 Å². The number of carbonyl (C=O) groups excluding carboxylic acids is 1. The maximum absolute atomic E-state index is 14.5. The van der Waals surface area contributed by atoms with Crippen LogP contribution in [0.5, 0.6) is 0 Å². The molecule has 2 aromatic heterocycles. The summed E-state index contributed by atoms with van der Waals surface area (Å²) < 4.78 is 86.8. The third-order valence-corrected chi connectivity index (χ3v) is 13.9. The highest BCUT2D eigenvalue weighted by Crippen LogP contribution is 2.61. The fourth-order valence-corrected chi connectivity index (χ4v) is 10.7. The summed E-state index contributed by atoms with van der Waals surface area (Å²) in [5.41, 5.74) is 0.548. The highest BCUT2D eigenvalue weighted by atomic mass is 35.5. The molecule has 0 unspecified atom stereocenters. The van der Waals surface area contributed by atoms with Gasteiger partial charge in [-0.2, -0.15) is 17.8 Å². The monoisotopic (exact) mass is 808 g/mol. The van der Waals surface area contributed by atoms with Gasteiger partial charge >= 0.3 is 23.9 Å². The molecule has 6 rings (SSSR count). The van der Waals surface area contributed by atoms with Crippen LogP contribution < -0.4 is 9.62 Å². The Morgan fingerprint density at radius 2 is 1.81 bits per heavy atom. The number of rotatable bonds is 16. The van der Waals surface area contributed by atoms with E-state index in [2.05, 4.69) is 10.1 Å². The van der Waals surface area contributed by atoms with Gasteiger partial charge in [0.2, 0.25) is 0 Å². The molecular formula is C31H46ClN6O13PS. The molecule has 53 heavy (non-hydrogen) atoms. The quantitative estimate of drug-likeness (QED) is 0.183. The largest absolute Gasteiger partial charge is 0.465 e. The highest BCUT2D eigenvalue weighted by Gasteiger charge is 2.62. The summed E-state index contributed by atoms with van der Waals surface area (Å²) in [4.78, 5) is 32.4. The lowest BCUT2D eigenvalue weighted by Gasteiger charge is -2.38. The lowest BCUT2D eigenvalue weighted by atomic mass is 10.1. The Kier molecular flexibility index (Phi) is 11.8. The molecule has 0 radical (unpaired) electrons. The average Bonchev–Trinajstić information content (AvgIpc) is 3.83. The Balaban J connectivity index is 1.36. The number of hydrogen-bond acceptors (Lipinski definition) is 14. The number of hydrogen-bond donors (Lipinski definition) is 2. The molecule has 0 spiro atoms. The van der Waals surface area contributed by atoms with Crippen molar-refractivity contribution in [2.24, 2.45) is 0 Å². The molecule has 0 aromatic carbocycles. The number of carbonyl (C=O) groups is 2. The van der Waals surface area contributed by atoms with E-state index in [1.54, 1.807) is 13.8 Å². The van der Waals surface area contributed by atoms with E-state index in [4.69, 9.17) is 44.3 Å². The van der Waals surface area contributed by atoms with Crippen LogP contribution in [0.3, 0.4) is 0 Å². The van der Waals surface area contributed by atoms with Crippen LogP contribution in [0.4, 0.5) is 10.5 Å². The lowest BCUT2D eigenvalue weighted by Crippen LogP contribution is -2.58. The minimum absolute atomic E-state index is 0.0305. The number of nitrogens with zero attached hydrogens (tertiary/aromatic N) is 5. The minimum atomic E-state index is -4.65. The molecule has 4 aliphatic rings. The molecule has 0 bridgehead atoms. The second-order valence-corrected chi connectivity index (χ2v) is 17.9. The van der Waals surface area contributed by atoms with E-state index in [0.717, 1.165) is 17.1 Å². The van der Waals surface area contributed by atoms with Crippen molar-refractivity contribution in [2.45, 2.75) is 102 Å². The second-order valence-electron chi connectivity index (χ2n) is 13.6. The number of pyridine rings is 1. The van der Waals surface area contributed by atoms with Gasteiger partial charge in [-0.3, -0.25) is 14.3 Å². The van der Waals surface area contributed by atoms with E-state index in [1.165, 1.54) is 42.8 Å². The highest BCUT2D eigenvalue weighted by molar-refractivity contribution is 7.87. The molecule has 5 heterocycles. The fourth-order valence-electron chi connectivity index (χ4n) is 7.21. The number of halogens is 1. The lowest BCUT2D eigenvalue weighted by molar-refractivity contribution is -0.207. The molecule has 1 saturated carbocycles. The summed E-state index contributed by atoms with van der Waals surface area (Å²) in [5.74, 6) is -2.45. The molecule has 1 aliphatic carbocycles. The first-order valence-electron chi connectivity index (χ1n) is 17.5. The SMILES string of the molecule is CCOP(=O)(OCC)[C@@](COC)(OC[C@H]1O[C@@H](n2ncc3c(N(C(=O)O)C4CCCC4)cc(Cl)nc32)[C@@H]2OC(C)(C)O[C@@H]21)C(=O)NS(=O)(=O)N1CCC1. The van der Waals surface area contributed by atoms with Crippen molar-refractivity contribution in [3.8, 4) is 0 Å². The summed E-state index contributed by atoms with van der Waals surface area (Å²) in [5, 5.41) is 12.6. The van der Waals surface area contributed by atoms with E-state index in [0.29, 0.717) is 30.3 Å². The summed E-state index contributed by atoms with van der Waals surface area (Å²) in [6.07, 6.45) is 0.355. The van der Waals surface area contributed by atoms with Gasteiger partial charge in [-0.1, -0.05) is 24.4 Å². The van der Waals surface area contributed by atoms with Gasteiger partial charge in [0.05, 0.1) is 43.7 Å². The number of fused-ring (bicyclic) bond motifs is 2. The van der Waals surface area contributed by atoms with Crippen LogP contribution in [0.2, 0.25) is 5.15 Å². The van der Waals surface area contributed by atoms with Gasteiger partial charge < -0.3 is 37.8 Å². The maximum Gasteiger partial charge on any atom is 0.412 e. The molecule has 3 saturated heterocycles. The second kappa shape index (κ2) is 15.6. The smallest absolute Gasteiger partial charge is 0.412 e. The minimum Gasteiger partial charge on any atom is -0.465 e. The zero-order valence-corrected chi connectivity index (χ0v) is 32.6. The molecule has 2 N–H and O–H groups in total. The Morgan fingerprint density at radius 1 is 1.15 bits per heavy atom. The number of methoxy groups -OCH3 is 1. The average molecular weight is 809 g/mol. The van der Waals surface area contributed by atoms with Gasteiger partial charge in [-0.25, -0.2) is 19.2 Å². The molecule has 2 amide bonds. The van der Waals surface area contributed by atoms with Crippen molar-refractivity contribution >= 4 is 58.1 Å². The Labute approximate surface area is 312 Å². The van der Waals surface area contributed by atoms with Crippen molar-refractivity contribution in [1.29, 1.82) is 0 Å². The van der Waals surface area contributed by atoms with Crippen molar-refractivity contribution in [3.63, 3.8) is 0 Å². The van der Waals surface area contributed by atoms with Crippen LogP contribution in [0.1, 0.15) is 66.0 Å². The van der Waals surface area contributed by atoms with Gasteiger partial charge in [-0.05, 0) is 47.0 Å². The predicted octanol–water partition coefficient (Wildman–Crippen LogP) is 3.62. The van der Waals surface area contributed by atoms with E-state index < -0.39 is 78.7 Å². The molecule has 2 aromatic rings. The third kappa shape index (κ3) is 7.57. The van der Waals surface area contributed by atoms with Crippen LogP contribution >= 0.6 is 19.2 Å². The van der Waals surface area contributed by atoms with E-state index in [-0.39, 0.29) is 43.1 Å². The Morgan fingerprint density at radius 3 is 2.40 bits per heavy atom. The summed E-state index contributed by atoms with van der Waals surface area (Å²) >= 11 is 6.50. The molecule has 5 atom stereocenters. The van der Waals surface area contributed by atoms with E-state index >= 15 is 0 Å². The maximum atomic E-state index is 14.5.